The predicted octanol–water partition coefficient (Wildman–Crippen LogP) is 4.99. The van der Waals surface area contributed by atoms with Gasteiger partial charge in [0.05, 0.1) is 38.5 Å². The molecule has 0 saturated carbocycles. The summed E-state index contributed by atoms with van der Waals surface area (Å²) in [6.45, 7) is 4.10. The average Bonchev–Trinajstić information content (AvgIpc) is 3.19. The van der Waals surface area contributed by atoms with E-state index >= 15 is 0 Å². The zero-order valence-corrected chi connectivity index (χ0v) is 20.9. The quantitative estimate of drug-likeness (QED) is 0.156. The predicted molar refractivity (Wildman–Crippen MR) is 135 cm³/mol. The molecule has 35 heavy (non-hydrogen) atoms. The van der Waals surface area contributed by atoms with Gasteiger partial charge in [-0.05, 0) is 24.3 Å². The fourth-order valence-corrected chi connectivity index (χ4v) is 4.26. The highest BCUT2D eigenvalue weighted by atomic mass is 35.5. The van der Waals surface area contributed by atoms with Crippen molar-refractivity contribution >= 4 is 69.8 Å². The molecule has 1 aromatic heterocycles. The Hall–Kier alpha value is -3.12. The molecule has 10 nitrogen and oxygen atoms in total. The molecule has 0 unspecified atom stereocenters. The molecule has 1 heterocycles. The summed E-state index contributed by atoms with van der Waals surface area (Å²) in [6.07, 6.45) is 1.62. The second-order valence-electron chi connectivity index (χ2n) is 6.86. The van der Waals surface area contributed by atoms with Gasteiger partial charge in [-0.3, -0.25) is 19.7 Å². The topological polar surface area (TPSA) is 132 Å². The Morgan fingerprint density at radius 3 is 2.60 bits per heavy atom. The zero-order chi connectivity index (χ0) is 25.5. The van der Waals surface area contributed by atoms with Crippen LogP contribution in [0.3, 0.4) is 0 Å². The van der Waals surface area contributed by atoms with Crippen molar-refractivity contribution in [2.24, 2.45) is 0 Å². The normalized spacial score (nSPS) is 10.6. The number of carbonyl (C=O) groups excluding carboxylic acids is 2. The number of nitro groups is 1. The van der Waals surface area contributed by atoms with Crippen LogP contribution in [0.25, 0.3) is 0 Å². The number of nitrogens with zero attached hydrogens (tertiary/aromatic N) is 4. The van der Waals surface area contributed by atoms with E-state index in [4.69, 9.17) is 34.8 Å². The van der Waals surface area contributed by atoms with E-state index in [2.05, 4.69) is 27.4 Å². The van der Waals surface area contributed by atoms with Crippen LogP contribution in [-0.4, -0.2) is 37.3 Å². The number of hydrogen-bond acceptors (Lipinski definition) is 7. The molecule has 0 bridgehead atoms. The van der Waals surface area contributed by atoms with E-state index < -0.39 is 16.7 Å². The van der Waals surface area contributed by atoms with Gasteiger partial charge >= 0.3 is 0 Å². The molecule has 0 fully saturated rings. The van der Waals surface area contributed by atoms with Crippen molar-refractivity contribution in [2.45, 2.75) is 18.2 Å². The number of nitrogens with one attached hydrogen (secondary N) is 2. The van der Waals surface area contributed by atoms with E-state index in [0.717, 1.165) is 11.8 Å². The number of carbonyl (C=O) groups is 2. The third-order valence-corrected chi connectivity index (χ3v) is 6.30. The van der Waals surface area contributed by atoms with Crippen molar-refractivity contribution in [1.29, 1.82) is 0 Å². The van der Waals surface area contributed by atoms with Crippen LogP contribution >= 0.6 is 46.6 Å². The summed E-state index contributed by atoms with van der Waals surface area (Å²) in [5.41, 5.74) is 0.190. The molecular formula is C21H17Cl3N6O4S. The lowest BCUT2D eigenvalue weighted by molar-refractivity contribution is -0.384. The number of non-ortho nitro benzene ring substituents is 1. The maximum absolute atomic E-state index is 12.5. The molecule has 0 radical (unpaired) electrons. The Labute approximate surface area is 218 Å². The van der Waals surface area contributed by atoms with Gasteiger partial charge in [-0.25, -0.2) is 0 Å². The molecule has 2 amide bonds. The largest absolute Gasteiger partial charge is 0.345 e. The van der Waals surface area contributed by atoms with Crippen molar-refractivity contribution in [2.75, 3.05) is 11.1 Å². The second-order valence-corrected chi connectivity index (χ2v) is 9.06. The summed E-state index contributed by atoms with van der Waals surface area (Å²) in [4.78, 5) is 35.3. The number of amides is 2. The van der Waals surface area contributed by atoms with Crippen molar-refractivity contribution in [1.82, 2.24) is 20.1 Å². The molecule has 2 aromatic carbocycles. The van der Waals surface area contributed by atoms with Crippen molar-refractivity contribution < 1.29 is 14.5 Å². The van der Waals surface area contributed by atoms with Crippen LogP contribution in [0.15, 0.2) is 54.2 Å². The highest BCUT2D eigenvalue weighted by molar-refractivity contribution is 7.99. The van der Waals surface area contributed by atoms with Gasteiger partial charge in [0.1, 0.15) is 0 Å². The van der Waals surface area contributed by atoms with Crippen molar-refractivity contribution in [3.8, 4) is 0 Å². The minimum absolute atomic E-state index is 0.0503. The first-order valence-electron chi connectivity index (χ1n) is 9.82. The lowest BCUT2D eigenvalue weighted by Gasteiger charge is -2.10. The van der Waals surface area contributed by atoms with E-state index in [-0.39, 0.29) is 39.3 Å². The van der Waals surface area contributed by atoms with Crippen molar-refractivity contribution in [3.05, 3.63) is 85.6 Å². The first-order valence-corrected chi connectivity index (χ1v) is 11.9. The highest BCUT2D eigenvalue weighted by Gasteiger charge is 2.17. The van der Waals surface area contributed by atoms with Gasteiger partial charge in [0.25, 0.3) is 11.6 Å². The Balaban J connectivity index is 1.64. The summed E-state index contributed by atoms with van der Waals surface area (Å²) >= 11 is 19.1. The van der Waals surface area contributed by atoms with Gasteiger partial charge in [0, 0.05) is 23.7 Å². The highest BCUT2D eigenvalue weighted by Crippen LogP contribution is 2.27. The van der Waals surface area contributed by atoms with Crippen LogP contribution in [-0.2, 0) is 17.9 Å². The number of rotatable bonds is 10. The van der Waals surface area contributed by atoms with Crippen LogP contribution < -0.4 is 10.6 Å². The molecule has 0 saturated heterocycles. The Bertz CT molecular complexity index is 1300. The van der Waals surface area contributed by atoms with Gasteiger partial charge in [0.2, 0.25) is 5.91 Å². The summed E-state index contributed by atoms with van der Waals surface area (Å²) in [7, 11) is 0. The first-order chi connectivity index (χ1) is 16.7. The SMILES string of the molecule is C=CCn1c(CNC(=O)c2ccc(Cl)cc2Cl)nnc1SCC(=O)Nc1cc([N+](=O)[O-])ccc1Cl. The standard InChI is InChI=1S/C21H17Cl3N6O4S/c1-2-7-29-18(10-25-20(32)14-5-3-12(22)8-16(14)24)27-28-21(29)35-11-19(31)26-17-9-13(30(33)34)4-6-15(17)23/h2-6,8-9H,1,7,10-11H2,(H,25,32)(H,26,31). The molecule has 14 heteroatoms. The molecule has 0 aliphatic heterocycles. The Morgan fingerprint density at radius 2 is 1.91 bits per heavy atom. The molecule has 3 aromatic rings. The maximum atomic E-state index is 12.5. The van der Waals surface area contributed by atoms with Crippen molar-refractivity contribution in [3.63, 3.8) is 0 Å². The van der Waals surface area contributed by atoms with Crippen LogP contribution in [0, 0.1) is 10.1 Å². The minimum Gasteiger partial charge on any atom is -0.345 e. The van der Waals surface area contributed by atoms with E-state index in [1.807, 2.05) is 0 Å². The van der Waals surface area contributed by atoms with Crippen LogP contribution in [0.4, 0.5) is 11.4 Å². The molecule has 0 aliphatic carbocycles. The second kappa shape index (κ2) is 12.0. The van der Waals surface area contributed by atoms with Crippen LogP contribution in [0.5, 0.6) is 0 Å². The molecule has 3 rings (SSSR count). The van der Waals surface area contributed by atoms with E-state index in [1.54, 1.807) is 16.7 Å². The number of nitro benzene ring substituents is 1. The number of anilines is 1. The van der Waals surface area contributed by atoms with Crippen LogP contribution in [0.1, 0.15) is 16.2 Å². The number of halogens is 3. The van der Waals surface area contributed by atoms with Gasteiger partial charge < -0.3 is 15.2 Å². The average molecular weight is 556 g/mol. The minimum atomic E-state index is -0.584. The fraction of sp³-hybridized carbons (Fsp3) is 0.143. The van der Waals surface area contributed by atoms with Gasteiger partial charge in [-0.2, -0.15) is 0 Å². The molecule has 0 aliphatic rings. The summed E-state index contributed by atoms with van der Waals surface area (Å²) in [5, 5.41) is 25.6. The van der Waals surface area contributed by atoms with Gasteiger partial charge in [-0.1, -0.05) is 52.6 Å². The molecule has 0 spiro atoms. The Morgan fingerprint density at radius 1 is 1.14 bits per heavy atom. The molecular weight excluding hydrogens is 539 g/mol. The summed E-state index contributed by atoms with van der Waals surface area (Å²) in [5.74, 6) is -0.492. The number of thioether (sulfide) groups is 1. The van der Waals surface area contributed by atoms with E-state index in [1.165, 1.54) is 30.3 Å². The third-order valence-electron chi connectivity index (χ3n) is 4.46. The van der Waals surface area contributed by atoms with E-state index in [0.29, 0.717) is 22.5 Å². The van der Waals surface area contributed by atoms with Crippen LogP contribution in [0.2, 0.25) is 15.1 Å². The maximum Gasteiger partial charge on any atom is 0.271 e. The number of allylic oxidation sites excluding steroid dienone is 1. The molecule has 182 valence electrons. The summed E-state index contributed by atoms with van der Waals surface area (Å²) < 4.78 is 1.69. The summed E-state index contributed by atoms with van der Waals surface area (Å²) in [6, 6.07) is 8.30. The fourth-order valence-electron chi connectivity index (χ4n) is 2.84. The molecule has 0 atom stereocenters. The number of benzene rings is 2. The molecule has 2 N–H and O–H groups in total. The lowest BCUT2D eigenvalue weighted by atomic mass is 10.2. The zero-order valence-electron chi connectivity index (χ0n) is 17.8. The van der Waals surface area contributed by atoms with Gasteiger partial charge in [0.15, 0.2) is 11.0 Å². The first kappa shape index (κ1) is 26.5. The number of aromatic nitrogens is 3. The lowest BCUT2D eigenvalue weighted by Crippen LogP contribution is -2.25. The van der Waals surface area contributed by atoms with Gasteiger partial charge in [-0.15, -0.1) is 16.8 Å². The Kier molecular flexibility index (Phi) is 9.10. The third kappa shape index (κ3) is 6.95. The number of hydrogen-bond donors (Lipinski definition) is 2. The smallest absolute Gasteiger partial charge is 0.271 e. The van der Waals surface area contributed by atoms with E-state index in [9.17, 15) is 19.7 Å². The monoisotopic (exact) mass is 554 g/mol.